The van der Waals surface area contributed by atoms with Gasteiger partial charge in [0.2, 0.25) is 0 Å². The summed E-state index contributed by atoms with van der Waals surface area (Å²) in [5.74, 6) is 1.33. The molecule has 1 amide bonds. The first-order valence-electron chi connectivity index (χ1n) is 15.1. The summed E-state index contributed by atoms with van der Waals surface area (Å²) >= 11 is 0. The van der Waals surface area contributed by atoms with Crippen LogP contribution in [0.2, 0.25) is 0 Å². The van der Waals surface area contributed by atoms with Crippen LogP contribution in [0.3, 0.4) is 0 Å². The van der Waals surface area contributed by atoms with Gasteiger partial charge in [-0.15, -0.1) is 0 Å². The Labute approximate surface area is 231 Å². The molecular formula is C31H45N2O6. The molecule has 1 aromatic heterocycles. The van der Waals surface area contributed by atoms with Gasteiger partial charge in [0.05, 0.1) is 25.1 Å². The minimum absolute atomic E-state index is 0.0307. The van der Waals surface area contributed by atoms with E-state index in [0.717, 1.165) is 83.4 Å². The molecule has 4 aliphatic carbocycles. The van der Waals surface area contributed by atoms with Crippen molar-refractivity contribution in [3.05, 3.63) is 40.8 Å². The number of hydrogen-bond acceptors (Lipinski definition) is 7. The maximum Gasteiger partial charge on any atom is 0.407 e. The summed E-state index contributed by atoms with van der Waals surface area (Å²) in [6.07, 6.45) is 11.2. The summed E-state index contributed by atoms with van der Waals surface area (Å²) in [4.78, 5) is 26.4. The van der Waals surface area contributed by atoms with Crippen molar-refractivity contribution in [2.45, 2.75) is 82.8 Å². The van der Waals surface area contributed by atoms with Crippen molar-refractivity contribution in [1.82, 2.24) is 10.2 Å². The number of nitrogens with zero attached hydrogens (tertiary/aromatic N) is 1. The Morgan fingerprint density at radius 2 is 1.95 bits per heavy atom. The molecule has 2 heterocycles. The first kappa shape index (κ1) is 27.3. The quantitative estimate of drug-likeness (QED) is 0.578. The summed E-state index contributed by atoms with van der Waals surface area (Å²) in [6, 6.07) is 3.36. The van der Waals surface area contributed by atoms with Crippen LogP contribution in [-0.2, 0) is 9.47 Å². The SMILES string of the molecule is C[C@]12CC[C@H](OC(=O)NCCN3CCOCC3)C[C@H]1CC[C@@H]1[C@@H]2CC[C@]2(C)[C@@H](c3ccc(=O)oc3)[CH]C[C@]12O. The third-order valence-electron chi connectivity index (χ3n) is 11.7. The van der Waals surface area contributed by atoms with E-state index in [1.165, 1.54) is 6.07 Å². The van der Waals surface area contributed by atoms with Crippen LogP contribution in [0.1, 0.15) is 76.7 Å². The fourth-order valence-corrected chi connectivity index (χ4v) is 9.41. The number of morpholine rings is 1. The first-order chi connectivity index (χ1) is 18.7. The standard InChI is InChI=1S/C31H45N2O6/c1-29-10-7-23(39-28(35)32-13-14-33-15-17-37-18-16-33)19-22(29)4-5-26-25(29)8-11-30(2)24(9-12-31(26,30)36)21-3-6-27(34)38-20-21/h3,6,9,20,22-26,36H,4-5,7-8,10-19H2,1-2H3,(H,32,35)/t22-,23+,24-,25+,26-,29+,30-,31+/m1/s1. The Kier molecular flexibility index (Phi) is 7.34. The molecule has 1 aromatic rings. The highest BCUT2D eigenvalue weighted by molar-refractivity contribution is 5.67. The number of fused-ring (bicyclic) bond motifs is 5. The van der Waals surface area contributed by atoms with Crippen LogP contribution in [0, 0.1) is 35.0 Å². The van der Waals surface area contributed by atoms with Crippen molar-refractivity contribution < 1.29 is 23.8 Å². The Morgan fingerprint density at radius 1 is 1.13 bits per heavy atom. The Hall–Kier alpha value is -1.90. The molecule has 0 spiro atoms. The molecule has 5 fully saturated rings. The molecule has 4 saturated carbocycles. The summed E-state index contributed by atoms with van der Waals surface area (Å²) in [6.45, 7) is 9.47. The summed E-state index contributed by atoms with van der Waals surface area (Å²) in [5, 5.41) is 15.3. The summed E-state index contributed by atoms with van der Waals surface area (Å²) in [7, 11) is 0. The number of carbonyl (C=O) groups is 1. The average Bonchev–Trinajstić information content (AvgIpc) is 3.21. The van der Waals surface area contributed by atoms with E-state index in [-0.39, 0.29) is 40.5 Å². The van der Waals surface area contributed by atoms with Gasteiger partial charge in [-0.2, -0.15) is 0 Å². The highest BCUT2D eigenvalue weighted by Gasteiger charge is 2.67. The second kappa shape index (κ2) is 10.5. The van der Waals surface area contributed by atoms with Gasteiger partial charge in [-0.1, -0.05) is 13.8 Å². The summed E-state index contributed by atoms with van der Waals surface area (Å²) in [5.41, 5.74) is -0.205. The zero-order chi connectivity index (χ0) is 27.3. The van der Waals surface area contributed by atoms with E-state index < -0.39 is 5.60 Å². The smallest absolute Gasteiger partial charge is 0.407 e. The Balaban J connectivity index is 1.07. The van der Waals surface area contributed by atoms with Crippen molar-refractivity contribution in [3.63, 3.8) is 0 Å². The predicted molar refractivity (Wildman–Crippen MR) is 146 cm³/mol. The van der Waals surface area contributed by atoms with Gasteiger partial charge in [0.25, 0.3) is 0 Å². The van der Waals surface area contributed by atoms with Crippen molar-refractivity contribution in [2.24, 2.45) is 28.6 Å². The van der Waals surface area contributed by atoms with E-state index in [4.69, 9.17) is 13.9 Å². The van der Waals surface area contributed by atoms with E-state index in [1.54, 1.807) is 6.26 Å². The predicted octanol–water partition coefficient (Wildman–Crippen LogP) is 4.12. The number of aliphatic hydroxyl groups is 1. The van der Waals surface area contributed by atoms with Gasteiger partial charge in [-0.25, -0.2) is 9.59 Å². The third-order valence-corrected chi connectivity index (χ3v) is 11.7. The summed E-state index contributed by atoms with van der Waals surface area (Å²) < 4.78 is 16.5. The number of alkyl carbamates (subject to hydrolysis) is 1. The topological polar surface area (TPSA) is 101 Å². The van der Waals surface area contributed by atoms with Crippen molar-refractivity contribution in [2.75, 3.05) is 39.4 Å². The molecule has 5 aliphatic rings. The average molecular weight is 542 g/mol. The molecule has 1 radical (unpaired) electrons. The molecule has 2 N–H and O–H groups in total. The Morgan fingerprint density at radius 3 is 2.72 bits per heavy atom. The maximum absolute atomic E-state index is 12.6. The molecule has 215 valence electrons. The molecule has 1 aliphatic heterocycles. The zero-order valence-electron chi connectivity index (χ0n) is 23.5. The molecule has 8 atom stereocenters. The highest BCUT2D eigenvalue weighted by Crippen LogP contribution is 2.70. The second-order valence-electron chi connectivity index (χ2n) is 13.4. The van der Waals surface area contributed by atoms with Gasteiger partial charge in [-0.05, 0) is 98.5 Å². The monoisotopic (exact) mass is 541 g/mol. The molecular weight excluding hydrogens is 496 g/mol. The zero-order valence-corrected chi connectivity index (χ0v) is 23.5. The van der Waals surface area contributed by atoms with Gasteiger partial charge in [0.15, 0.2) is 0 Å². The number of nitrogens with one attached hydrogen (secondary N) is 1. The second-order valence-corrected chi connectivity index (χ2v) is 13.4. The number of carbonyl (C=O) groups excluding carboxylic acids is 1. The molecule has 0 aromatic carbocycles. The van der Waals surface area contributed by atoms with Gasteiger partial charge in [0, 0.05) is 37.7 Å². The number of amides is 1. The van der Waals surface area contributed by atoms with Gasteiger partial charge < -0.3 is 24.3 Å². The van der Waals surface area contributed by atoms with E-state index in [9.17, 15) is 14.7 Å². The lowest BCUT2D eigenvalue weighted by molar-refractivity contribution is -0.205. The van der Waals surface area contributed by atoms with Crippen LogP contribution >= 0.6 is 0 Å². The lowest BCUT2D eigenvalue weighted by Gasteiger charge is -2.63. The fourth-order valence-electron chi connectivity index (χ4n) is 9.41. The third kappa shape index (κ3) is 4.74. The molecule has 39 heavy (non-hydrogen) atoms. The van der Waals surface area contributed by atoms with Gasteiger partial charge in [-0.3, -0.25) is 4.90 Å². The minimum atomic E-state index is -0.752. The van der Waals surface area contributed by atoms with Crippen molar-refractivity contribution >= 4 is 6.09 Å². The highest BCUT2D eigenvalue weighted by atomic mass is 16.6. The largest absolute Gasteiger partial charge is 0.446 e. The van der Waals surface area contributed by atoms with Crippen LogP contribution in [0.5, 0.6) is 0 Å². The molecule has 0 bridgehead atoms. The molecule has 8 heteroatoms. The maximum atomic E-state index is 12.6. The van der Waals surface area contributed by atoms with Crippen LogP contribution in [0.4, 0.5) is 4.79 Å². The lowest BCUT2D eigenvalue weighted by Crippen LogP contribution is -2.62. The van der Waals surface area contributed by atoms with Crippen LogP contribution in [0.25, 0.3) is 0 Å². The van der Waals surface area contributed by atoms with Gasteiger partial charge in [0.1, 0.15) is 6.10 Å². The van der Waals surface area contributed by atoms with Crippen LogP contribution < -0.4 is 10.9 Å². The normalized spacial score (nSPS) is 42.2. The van der Waals surface area contributed by atoms with Crippen LogP contribution in [-0.4, -0.2) is 67.2 Å². The van der Waals surface area contributed by atoms with Gasteiger partial charge >= 0.3 is 11.7 Å². The fraction of sp³-hybridized carbons (Fsp3) is 0.774. The van der Waals surface area contributed by atoms with Crippen molar-refractivity contribution in [1.29, 1.82) is 0 Å². The first-order valence-corrected chi connectivity index (χ1v) is 15.1. The molecule has 8 nitrogen and oxygen atoms in total. The van der Waals surface area contributed by atoms with Crippen molar-refractivity contribution in [3.8, 4) is 0 Å². The van der Waals surface area contributed by atoms with E-state index in [1.807, 2.05) is 6.07 Å². The Bertz CT molecular complexity index is 1080. The number of hydrogen-bond donors (Lipinski definition) is 2. The molecule has 0 unspecified atom stereocenters. The minimum Gasteiger partial charge on any atom is -0.446 e. The van der Waals surface area contributed by atoms with Crippen LogP contribution in [0.15, 0.2) is 27.6 Å². The van der Waals surface area contributed by atoms with E-state index in [2.05, 4.69) is 30.5 Å². The molecule has 1 saturated heterocycles. The van der Waals surface area contributed by atoms with E-state index >= 15 is 0 Å². The number of rotatable bonds is 5. The number of ether oxygens (including phenoxy) is 2. The molecule has 6 rings (SSSR count). The lowest BCUT2D eigenvalue weighted by atomic mass is 9.43. The van der Waals surface area contributed by atoms with E-state index in [0.29, 0.717) is 24.8 Å².